The Kier molecular flexibility index (Phi) is 5.23. The summed E-state index contributed by atoms with van der Waals surface area (Å²) >= 11 is 9.42. The van der Waals surface area contributed by atoms with Crippen molar-refractivity contribution >= 4 is 33.3 Å². The van der Waals surface area contributed by atoms with E-state index in [-0.39, 0.29) is 16.0 Å². The average molecular weight is 334 g/mol. The van der Waals surface area contributed by atoms with Gasteiger partial charge >= 0.3 is 0 Å². The summed E-state index contributed by atoms with van der Waals surface area (Å²) in [6.07, 6.45) is 0.629. The predicted molar refractivity (Wildman–Crippen MR) is 78.9 cm³/mol. The van der Waals surface area contributed by atoms with Crippen LogP contribution in [0.2, 0.25) is 5.02 Å². The first kappa shape index (κ1) is 15.5. The third-order valence-corrected chi connectivity index (χ3v) is 3.71. The number of rotatable bonds is 4. The van der Waals surface area contributed by atoms with E-state index in [1.165, 1.54) is 0 Å². The highest BCUT2D eigenvalue weighted by Gasteiger charge is 2.27. The highest BCUT2D eigenvalue weighted by molar-refractivity contribution is 9.10. The van der Waals surface area contributed by atoms with E-state index in [0.29, 0.717) is 17.2 Å². The Labute approximate surface area is 122 Å². The van der Waals surface area contributed by atoms with E-state index in [9.17, 15) is 4.79 Å². The molecule has 0 fully saturated rings. The molecular weight excluding hydrogens is 316 g/mol. The van der Waals surface area contributed by atoms with Crippen LogP contribution in [0.1, 0.15) is 26.3 Å². The molecule has 0 radical (unpaired) electrons. The monoisotopic (exact) mass is 332 g/mol. The van der Waals surface area contributed by atoms with Crippen molar-refractivity contribution in [2.45, 2.75) is 32.0 Å². The molecule has 0 aliphatic heterocycles. The molecule has 0 aliphatic carbocycles. The molecule has 0 aliphatic rings. The average Bonchev–Trinajstić information content (AvgIpc) is 2.29. The van der Waals surface area contributed by atoms with Crippen molar-refractivity contribution in [2.75, 3.05) is 7.11 Å². The Balaban J connectivity index is 2.82. The van der Waals surface area contributed by atoms with Gasteiger partial charge in [-0.05, 0) is 24.1 Å². The molecule has 0 saturated carbocycles. The van der Waals surface area contributed by atoms with Gasteiger partial charge in [-0.2, -0.15) is 0 Å². The summed E-state index contributed by atoms with van der Waals surface area (Å²) in [5.74, 6) is 0.827. The third kappa shape index (κ3) is 3.99. The van der Waals surface area contributed by atoms with Gasteiger partial charge in [-0.15, -0.1) is 0 Å². The second kappa shape index (κ2) is 6.07. The lowest BCUT2D eigenvalue weighted by Crippen LogP contribution is -2.30. The van der Waals surface area contributed by atoms with Crippen molar-refractivity contribution in [3.63, 3.8) is 0 Å². The summed E-state index contributed by atoms with van der Waals surface area (Å²) in [7, 11) is 1.58. The Bertz CT molecular complexity index is 438. The van der Waals surface area contributed by atoms with Crippen LogP contribution >= 0.6 is 27.5 Å². The first-order chi connectivity index (χ1) is 8.25. The van der Waals surface area contributed by atoms with Crippen LogP contribution in [0.3, 0.4) is 0 Å². The molecule has 1 rings (SSSR count). The second-order valence-electron chi connectivity index (χ2n) is 5.25. The lowest BCUT2D eigenvalue weighted by atomic mass is 9.87. The number of ether oxygens (including phenoxy) is 1. The molecule has 0 spiro atoms. The molecule has 0 amide bonds. The van der Waals surface area contributed by atoms with E-state index in [1.54, 1.807) is 13.2 Å². The number of alkyl halides is 1. The molecule has 0 aromatic heterocycles. The minimum Gasteiger partial charge on any atom is -0.495 e. The van der Waals surface area contributed by atoms with E-state index in [4.69, 9.17) is 16.3 Å². The number of halogens is 2. The Hall–Kier alpha value is -0.540. The largest absolute Gasteiger partial charge is 0.495 e. The smallest absolute Gasteiger partial charge is 0.152 e. The fraction of sp³-hybridized carbons (Fsp3) is 0.500. The van der Waals surface area contributed by atoms with Crippen LogP contribution in [0.15, 0.2) is 18.2 Å². The maximum Gasteiger partial charge on any atom is 0.152 e. The van der Waals surface area contributed by atoms with Gasteiger partial charge in [0.1, 0.15) is 5.75 Å². The number of hydrogen-bond donors (Lipinski definition) is 0. The quantitative estimate of drug-likeness (QED) is 0.769. The summed E-state index contributed by atoms with van der Waals surface area (Å²) in [6.45, 7) is 5.77. The lowest BCUT2D eigenvalue weighted by Gasteiger charge is -2.20. The zero-order valence-corrected chi connectivity index (χ0v) is 13.4. The number of ketones is 1. The molecule has 1 aromatic rings. The Morgan fingerprint density at radius 2 is 2.06 bits per heavy atom. The van der Waals surface area contributed by atoms with Crippen molar-refractivity contribution in [3.8, 4) is 5.75 Å². The molecule has 1 atom stereocenters. The summed E-state index contributed by atoms with van der Waals surface area (Å²) in [5, 5.41) is 0.578. The number of carbonyl (C=O) groups is 1. The number of methoxy groups -OCH3 is 1. The molecule has 0 heterocycles. The lowest BCUT2D eigenvalue weighted by molar-refractivity contribution is -0.125. The van der Waals surface area contributed by atoms with Crippen LogP contribution < -0.4 is 4.74 Å². The van der Waals surface area contributed by atoms with Gasteiger partial charge in [-0.1, -0.05) is 54.4 Å². The molecule has 0 bridgehead atoms. The van der Waals surface area contributed by atoms with E-state index < -0.39 is 0 Å². The molecule has 0 N–H and O–H groups in total. The normalized spacial score (nSPS) is 13.2. The minimum absolute atomic E-state index is 0.191. The molecule has 2 nitrogen and oxygen atoms in total. The highest BCUT2D eigenvalue weighted by atomic mass is 79.9. The van der Waals surface area contributed by atoms with Crippen molar-refractivity contribution in [2.24, 2.45) is 5.41 Å². The van der Waals surface area contributed by atoms with Gasteiger partial charge in [0.05, 0.1) is 17.0 Å². The summed E-state index contributed by atoms with van der Waals surface area (Å²) in [5.41, 5.74) is 0.681. The number of carbonyl (C=O) groups excluding carboxylic acids is 1. The summed E-state index contributed by atoms with van der Waals surface area (Å²) in [4.78, 5) is 11.9. The van der Waals surface area contributed by atoms with Gasteiger partial charge in [0.25, 0.3) is 0 Å². The van der Waals surface area contributed by atoms with Gasteiger partial charge in [0.2, 0.25) is 0 Å². The number of hydrogen-bond acceptors (Lipinski definition) is 2. The van der Waals surface area contributed by atoms with E-state index in [2.05, 4.69) is 15.9 Å². The molecule has 4 heteroatoms. The maximum atomic E-state index is 12.1. The Morgan fingerprint density at radius 3 is 2.56 bits per heavy atom. The molecule has 100 valence electrons. The van der Waals surface area contributed by atoms with Crippen LogP contribution in [0, 0.1) is 5.41 Å². The van der Waals surface area contributed by atoms with Crippen molar-refractivity contribution in [1.29, 1.82) is 0 Å². The van der Waals surface area contributed by atoms with Gasteiger partial charge in [0.15, 0.2) is 5.78 Å². The molecule has 1 aromatic carbocycles. The van der Waals surface area contributed by atoms with Crippen molar-refractivity contribution in [1.82, 2.24) is 0 Å². The first-order valence-corrected chi connectivity index (χ1v) is 7.06. The molecule has 18 heavy (non-hydrogen) atoms. The van der Waals surface area contributed by atoms with E-state index in [1.807, 2.05) is 32.9 Å². The van der Waals surface area contributed by atoms with Gasteiger partial charge in [0, 0.05) is 5.41 Å². The summed E-state index contributed by atoms with van der Waals surface area (Å²) in [6, 6.07) is 5.57. The Morgan fingerprint density at radius 1 is 1.44 bits per heavy atom. The highest BCUT2D eigenvalue weighted by Crippen LogP contribution is 2.28. The van der Waals surface area contributed by atoms with Crippen LogP contribution in [0.5, 0.6) is 5.75 Å². The first-order valence-electron chi connectivity index (χ1n) is 5.76. The molecular formula is C14H18BrClO2. The van der Waals surface area contributed by atoms with Gasteiger partial charge in [-0.25, -0.2) is 0 Å². The zero-order valence-electron chi connectivity index (χ0n) is 11.1. The minimum atomic E-state index is -0.343. The third-order valence-electron chi connectivity index (χ3n) is 2.65. The van der Waals surface area contributed by atoms with Gasteiger partial charge in [-0.3, -0.25) is 4.79 Å². The van der Waals surface area contributed by atoms with Gasteiger partial charge < -0.3 is 4.74 Å². The van der Waals surface area contributed by atoms with E-state index in [0.717, 1.165) is 5.56 Å². The van der Waals surface area contributed by atoms with Crippen molar-refractivity contribution in [3.05, 3.63) is 28.8 Å². The molecule has 1 unspecified atom stereocenters. The SMILES string of the molecule is COc1cc(CC(Br)C(=O)C(C)(C)C)ccc1Cl. The number of benzene rings is 1. The van der Waals surface area contributed by atoms with Crippen LogP contribution in [-0.2, 0) is 11.2 Å². The molecule has 0 saturated heterocycles. The van der Waals surface area contributed by atoms with E-state index >= 15 is 0 Å². The zero-order chi connectivity index (χ0) is 13.9. The predicted octanol–water partition coefficient (Wildman–Crippen LogP) is 4.27. The fourth-order valence-corrected chi connectivity index (χ4v) is 2.86. The van der Waals surface area contributed by atoms with Crippen molar-refractivity contribution < 1.29 is 9.53 Å². The maximum absolute atomic E-state index is 12.1. The summed E-state index contributed by atoms with van der Waals surface area (Å²) < 4.78 is 5.16. The second-order valence-corrected chi connectivity index (χ2v) is 6.77. The standard InChI is InChI=1S/C14H18BrClO2/c1-14(2,3)13(17)10(15)7-9-5-6-11(16)12(8-9)18-4/h5-6,8,10H,7H2,1-4H3. The van der Waals surface area contributed by atoms with Crippen LogP contribution in [0.25, 0.3) is 0 Å². The van der Waals surface area contributed by atoms with Crippen LogP contribution in [-0.4, -0.2) is 17.7 Å². The number of Topliss-reactive ketones (excluding diaryl/α,β-unsaturated/α-hetero) is 1. The fourth-order valence-electron chi connectivity index (χ4n) is 1.60. The van der Waals surface area contributed by atoms with Crippen LogP contribution in [0.4, 0.5) is 0 Å². The topological polar surface area (TPSA) is 26.3 Å².